The van der Waals surface area contributed by atoms with Crippen LogP contribution in [0, 0.1) is 0 Å². The van der Waals surface area contributed by atoms with Gasteiger partial charge in [-0.3, -0.25) is 4.79 Å². The van der Waals surface area contributed by atoms with E-state index in [9.17, 15) is 9.90 Å². The predicted octanol–water partition coefficient (Wildman–Crippen LogP) is 3.04. The molecule has 20 heavy (non-hydrogen) atoms. The quantitative estimate of drug-likeness (QED) is 0.826. The third-order valence-electron chi connectivity index (χ3n) is 3.06. The fourth-order valence-electron chi connectivity index (χ4n) is 1.91. The summed E-state index contributed by atoms with van der Waals surface area (Å²) in [6, 6.07) is 16.4. The summed E-state index contributed by atoms with van der Waals surface area (Å²) in [4.78, 5) is 12.2. The molecule has 2 aromatic carbocycles. The molecule has 2 N–H and O–H groups in total. The van der Waals surface area contributed by atoms with Gasteiger partial charge < -0.3 is 10.4 Å². The Morgan fingerprint density at radius 2 is 1.75 bits per heavy atom. The van der Waals surface area contributed by atoms with Gasteiger partial charge in [0, 0.05) is 10.9 Å². The molecule has 0 aliphatic carbocycles. The van der Waals surface area contributed by atoms with Crippen LogP contribution in [0.5, 0.6) is 0 Å². The van der Waals surface area contributed by atoms with Gasteiger partial charge in [-0.1, -0.05) is 58.4 Å². The zero-order valence-corrected chi connectivity index (χ0v) is 12.5. The van der Waals surface area contributed by atoms with Crippen molar-refractivity contribution in [1.29, 1.82) is 0 Å². The largest absolute Gasteiger partial charge is 0.394 e. The number of aliphatic hydroxyl groups excluding tert-OH is 1. The first-order valence-electron chi connectivity index (χ1n) is 6.36. The summed E-state index contributed by atoms with van der Waals surface area (Å²) in [5, 5.41) is 13.0. The van der Waals surface area contributed by atoms with Gasteiger partial charge in [0.25, 0.3) is 5.91 Å². The van der Waals surface area contributed by atoms with E-state index < -0.39 is 0 Å². The summed E-state index contributed by atoms with van der Waals surface area (Å²) >= 11 is 3.37. The second-order valence-corrected chi connectivity index (χ2v) is 5.01. The molecule has 0 aromatic heterocycles. The number of carbonyl (C=O) groups excluding carboxylic acids is 1. The van der Waals surface area contributed by atoms with Gasteiger partial charge in [-0.25, -0.2) is 0 Å². The van der Waals surface area contributed by atoms with Crippen LogP contribution in [-0.2, 0) is 5.33 Å². The Labute approximate surface area is 126 Å². The van der Waals surface area contributed by atoms with Gasteiger partial charge >= 0.3 is 0 Å². The molecule has 0 saturated heterocycles. The normalized spacial score (nSPS) is 11.9. The lowest BCUT2D eigenvalue weighted by Crippen LogP contribution is -2.30. The van der Waals surface area contributed by atoms with Gasteiger partial charge in [-0.15, -0.1) is 0 Å². The molecule has 0 fully saturated rings. The molecular formula is C16H16BrNO2. The Kier molecular flexibility index (Phi) is 5.32. The van der Waals surface area contributed by atoms with Crippen molar-refractivity contribution in [3.8, 4) is 0 Å². The first-order valence-corrected chi connectivity index (χ1v) is 7.48. The summed E-state index contributed by atoms with van der Waals surface area (Å²) in [6.45, 7) is -0.130. The molecule has 0 bridgehead atoms. The molecule has 0 spiro atoms. The number of halogens is 1. The van der Waals surface area contributed by atoms with Gasteiger partial charge in [0.1, 0.15) is 0 Å². The zero-order chi connectivity index (χ0) is 14.4. The van der Waals surface area contributed by atoms with Crippen molar-refractivity contribution in [3.63, 3.8) is 0 Å². The highest BCUT2D eigenvalue weighted by atomic mass is 79.9. The maximum Gasteiger partial charge on any atom is 0.251 e. The molecule has 2 aromatic rings. The van der Waals surface area contributed by atoms with E-state index in [1.807, 2.05) is 42.5 Å². The molecule has 2 rings (SSSR count). The smallest absolute Gasteiger partial charge is 0.251 e. The zero-order valence-electron chi connectivity index (χ0n) is 10.9. The lowest BCUT2D eigenvalue weighted by molar-refractivity contribution is 0.0916. The summed E-state index contributed by atoms with van der Waals surface area (Å²) in [6.07, 6.45) is 0. The van der Waals surface area contributed by atoms with Crippen molar-refractivity contribution >= 4 is 21.8 Å². The van der Waals surface area contributed by atoms with E-state index in [1.165, 1.54) is 0 Å². The molecule has 0 saturated carbocycles. The minimum atomic E-state index is -0.389. The molecule has 0 radical (unpaired) electrons. The van der Waals surface area contributed by atoms with Crippen LogP contribution in [-0.4, -0.2) is 17.6 Å². The van der Waals surface area contributed by atoms with E-state index in [-0.39, 0.29) is 18.6 Å². The number of hydrogen-bond acceptors (Lipinski definition) is 2. The van der Waals surface area contributed by atoms with Crippen LogP contribution in [0.4, 0.5) is 0 Å². The van der Waals surface area contributed by atoms with Gasteiger partial charge in [0.2, 0.25) is 0 Å². The number of amides is 1. The maximum absolute atomic E-state index is 12.2. The lowest BCUT2D eigenvalue weighted by Gasteiger charge is -2.16. The molecule has 4 heteroatoms. The molecule has 0 aliphatic rings. The Morgan fingerprint density at radius 3 is 2.30 bits per heavy atom. The fourth-order valence-corrected chi connectivity index (χ4v) is 2.28. The van der Waals surface area contributed by atoms with Gasteiger partial charge in [-0.2, -0.15) is 0 Å². The van der Waals surface area contributed by atoms with Crippen molar-refractivity contribution in [2.45, 2.75) is 11.4 Å². The van der Waals surface area contributed by atoms with Crippen LogP contribution in [0.15, 0.2) is 54.6 Å². The number of aliphatic hydroxyl groups is 1. The Balaban J connectivity index is 2.09. The molecular weight excluding hydrogens is 318 g/mol. The lowest BCUT2D eigenvalue weighted by atomic mass is 10.1. The minimum absolute atomic E-state index is 0.130. The third-order valence-corrected chi connectivity index (χ3v) is 3.71. The summed E-state index contributed by atoms with van der Waals surface area (Å²) in [7, 11) is 0. The maximum atomic E-state index is 12.2. The molecule has 0 aliphatic heterocycles. The molecule has 0 unspecified atom stereocenters. The van der Waals surface area contributed by atoms with Crippen LogP contribution in [0.2, 0.25) is 0 Å². The number of rotatable bonds is 5. The highest BCUT2D eigenvalue weighted by Crippen LogP contribution is 2.13. The van der Waals surface area contributed by atoms with Crippen molar-refractivity contribution < 1.29 is 9.90 Å². The average molecular weight is 334 g/mol. The number of benzene rings is 2. The second kappa shape index (κ2) is 7.22. The Morgan fingerprint density at radius 1 is 1.10 bits per heavy atom. The van der Waals surface area contributed by atoms with E-state index in [0.29, 0.717) is 5.56 Å². The van der Waals surface area contributed by atoms with Crippen molar-refractivity contribution in [2.75, 3.05) is 6.61 Å². The number of alkyl halides is 1. The summed E-state index contributed by atoms with van der Waals surface area (Å²) < 4.78 is 0. The fraction of sp³-hybridized carbons (Fsp3) is 0.188. The third kappa shape index (κ3) is 3.68. The topological polar surface area (TPSA) is 49.3 Å². The first kappa shape index (κ1) is 14.8. The van der Waals surface area contributed by atoms with E-state index in [2.05, 4.69) is 21.2 Å². The molecule has 0 heterocycles. The van der Waals surface area contributed by atoms with Gasteiger partial charge in [-0.05, 0) is 23.3 Å². The van der Waals surface area contributed by atoms with E-state index >= 15 is 0 Å². The van der Waals surface area contributed by atoms with Gasteiger partial charge in [0.05, 0.1) is 12.6 Å². The van der Waals surface area contributed by atoms with Crippen molar-refractivity contribution in [2.24, 2.45) is 0 Å². The van der Waals surface area contributed by atoms with Crippen LogP contribution >= 0.6 is 15.9 Å². The molecule has 104 valence electrons. The van der Waals surface area contributed by atoms with E-state index in [0.717, 1.165) is 16.5 Å². The van der Waals surface area contributed by atoms with Crippen LogP contribution in [0.1, 0.15) is 27.5 Å². The summed E-state index contributed by atoms with van der Waals surface area (Å²) in [5.74, 6) is -0.186. The van der Waals surface area contributed by atoms with Crippen molar-refractivity contribution in [3.05, 3.63) is 71.3 Å². The highest BCUT2D eigenvalue weighted by molar-refractivity contribution is 9.08. The molecule has 1 atom stereocenters. The van der Waals surface area contributed by atoms with E-state index in [1.54, 1.807) is 12.1 Å². The van der Waals surface area contributed by atoms with Crippen LogP contribution < -0.4 is 5.32 Å². The SMILES string of the molecule is O=C(N[C@H](CO)c1ccccc1)c1ccc(CBr)cc1. The predicted molar refractivity (Wildman–Crippen MR) is 82.8 cm³/mol. The van der Waals surface area contributed by atoms with Gasteiger partial charge in [0.15, 0.2) is 0 Å². The second-order valence-electron chi connectivity index (χ2n) is 4.45. The molecule has 3 nitrogen and oxygen atoms in total. The Bertz CT molecular complexity index is 554. The number of nitrogens with one attached hydrogen (secondary N) is 1. The average Bonchev–Trinajstić information content (AvgIpc) is 2.53. The van der Waals surface area contributed by atoms with E-state index in [4.69, 9.17) is 0 Å². The monoisotopic (exact) mass is 333 g/mol. The highest BCUT2D eigenvalue weighted by Gasteiger charge is 2.14. The molecule has 1 amide bonds. The number of carbonyl (C=O) groups is 1. The summed E-state index contributed by atoms with van der Waals surface area (Å²) in [5.41, 5.74) is 2.59. The van der Waals surface area contributed by atoms with Crippen LogP contribution in [0.3, 0.4) is 0 Å². The standard InChI is InChI=1S/C16H16BrNO2/c17-10-12-6-8-14(9-7-12)16(20)18-15(11-19)13-4-2-1-3-5-13/h1-9,15,19H,10-11H2,(H,18,20)/t15-/m1/s1. The van der Waals surface area contributed by atoms with Crippen molar-refractivity contribution in [1.82, 2.24) is 5.32 Å². The van der Waals surface area contributed by atoms with Crippen LogP contribution in [0.25, 0.3) is 0 Å². The Hall–Kier alpha value is -1.65. The first-order chi connectivity index (χ1) is 9.74. The minimum Gasteiger partial charge on any atom is -0.394 e. The number of hydrogen-bond donors (Lipinski definition) is 2.